The van der Waals surface area contributed by atoms with E-state index in [1.807, 2.05) is 0 Å². The van der Waals surface area contributed by atoms with Gasteiger partial charge in [-0.1, -0.05) is 51.5 Å². The Hall–Kier alpha value is -2.91. The van der Waals surface area contributed by atoms with E-state index in [0.717, 1.165) is 31.4 Å². The summed E-state index contributed by atoms with van der Waals surface area (Å²) >= 11 is 0. The second-order valence-corrected chi connectivity index (χ2v) is 7.02. The molecule has 0 atom stereocenters. The zero-order valence-electron chi connectivity index (χ0n) is 18.1. The van der Waals surface area contributed by atoms with Crippen molar-refractivity contribution in [2.75, 3.05) is 6.61 Å². The lowest BCUT2D eigenvalue weighted by molar-refractivity contribution is -0.170. The highest BCUT2D eigenvalue weighted by Gasteiger charge is 2.40. The van der Waals surface area contributed by atoms with Gasteiger partial charge < -0.3 is 30.9 Å². The van der Waals surface area contributed by atoms with Crippen molar-refractivity contribution >= 4 is 17.9 Å². The van der Waals surface area contributed by atoms with Gasteiger partial charge in [-0.25, -0.2) is 4.79 Å². The first-order chi connectivity index (χ1) is 14.5. The van der Waals surface area contributed by atoms with Crippen LogP contribution >= 0.6 is 0 Å². The van der Waals surface area contributed by atoms with Gasteiger partial charge in [0.2, 0.25) is 0 Å². The normalized spacial score (nSPS) is 10.6. The fraction of sp³-hybridized carbons (Fsp3) is 0.500. The molecule has 1 aromatic rings. The van der Waals surface area contributed by atoms with Gasteiger partial charge in [0.05, 0.1) is 12.8 Å². The smallest absolute Gasteiger partial charge is 0.336 e. The molecule has 0 heterocycles. The summed E-state index contributed by atoms with van der Waals surface area (Å²) in [7, 11) is 0. The molecule has 0 aliphatic rings. The van der Waals surface area contributed by atoms with Crippen LogP contribution in [-0.2, 0) is 33.8 Å². The topological polar surface area (TPSA) is 167 Å². The molecular weight excluding hydrogens is 406 g/mol. The van der Waals surface area contributed by atoms with Crippen LogP contribution in [0, 0.1) is 0 Å². The predicted molar refractivity (Wildman–Crippen MR) is 115 cm³/mol. The molecule has 0 unspecified atom stereocenters. The lowest BCUT2D eigenvalue weighted by atomic mass is 9.96. The molecule has 174 valence electrons. The van der Waals surface area contributed by atoms with Crippen LogP contribution in [-0.4, -0.2) is 50.5 Å². The highest BCUT2D eigenvalue weighted by atomic mass is 16.5. The number of carboxylic acids is 3. The molecule has 0 fully saturated rings. The van der Waals surface area contributed by atoms with Crippen molar-refractivity contribution in [1.29, 1.82) is 0 Å². The van der Waals surface area contributed by atoms with Gasteiger partial charge in [-0.3, -0.25) is 9.59 Å². The molecule has 9 nitrogen and oxygen atoms in total. The summed E-state index contributed by atoms with van der Waals surface area (Å²) in [5, 5.41) is 33.8. The minimum atomic E-state index is -2.74. The van der Waals surface area contributed by atoms with Crippen LogP contribution in [0.25, 0.3) is 0 Å². The quantitative estimate of drug-likeness (QED) is 0.290. The minimum Gasteiger partial charge on any atom is -0.489 e. The first kappa shape index (κ1) is 28.1. The van der Waals surface area contributed by atoms with Crippen LogP contribution in [0.4, 0.5) is 0 Å². The number of hydrogen-bond acceptors (Lipinski definition) is 6. The van der Waals surface area contributed by atoms with Crippen LogP contribution in [0.3, 0.4) is 0 Å². The number of carboxylic acid groups (broad SMARTS) is 3. The minimum absolute atomic E-state index is 0.565. The van der Waals surface area contributed by atoms with Crippen LogP contribution < -0.4 is 10.5 Å². The van der Waals surface area contributed by atoms with Crippen LogP contribution in [0.5, 0.6) is 5.75 Å². The van der Waals surface area contributed by atoms with Gasteiger partial charge in [0.1, 0.15) is 12.4 Å². The number of carbonyl (C=O) groups is 3. The standard InChI is InChI=1S/C16H25NO.C6H8O7/c1-4-7-14-10-13(12-17)11-15(8-5-2)16(14)18-9-6-3;7-3(8)1-6(13,5(11)12)2-4(9)10/h6,10-11H,3-5,7-9,12,17H2,1-2H3;13H,1-2H2,(H,7,8)(H,9,10)(H,11,12). The van der Waals surface area contributed by atoms with E-state index in [4.69, 9.17) is 30.9 Å². The Bertz CT molecular complexity index is 717. The summed E-state index contributed by atoms with van der Waals surface area (Å²) in [6, 6.07) is 4.36. The third kappa shape index (κ3) is 10.1. The lowest BCUT2D eigenvalue weighted by Crippen LogP contribution is -2.42. The van der Waals surface area contributed by atoms with Gasteiger partial charge in [-0.05, 0) is 29.5 Å². The van der Waals surface area contributed by atoms with E-state index in [0.29, 0.717) is 13.2 Å². The number of aryl methyl sites for hydroxylation is 2. The average molecular weight is 440 g/mol. The molecular formula is C22H33NO8. The van der Waals surface area contributed by atoms with Crippen molar-refractivity contribution in [3.05, 3.63) is 41.5 Å². The molecule has 9 heteroatoms. The van der Waals surface area contributed by atoms with Crippen molar-refractivity contribution in [3.63, 3.8) is 0 Å². The molecule has 0 amide bonds. The van der Waals surface area contributed by atoms with Gasteiger partial charge in [-0.15, -0.1) is 0 Å². The van der Waals surface area contributed by atoms with Gasteiger partial charge >= 0.3 is 17.9 Å². The maximum atomic E-state index is 10.3. The van der Waals surface area contributed by atoms with E-state index in [2.05, 4.69) is 32.6 Å². The van der Waals surface area contributed by atoms with Crippen molar-refractivity contribution in [3.8, 4) is 5.75 Å². The predicted octanol–water partition coefficient (Wildman–Crippen LogP) is 2.37. The fourth-order valence-corrected chi connectivity index (χ4v) is 2.90. The number of rotatable bonds is 13. The van der Waals surface area contributed by atoms with Gasteiger partial charge in [0.25, 0.3) is 0 Å². The summed E-state index contributed by atoms with van der Waals surface area (Å²) in [4.78, 5) is 30.5. The maximum Gasteiger partial charge on any atom is 0.336 e. The van der Waals surface area contributed by atoms with E-state index in [-0.39, 0.29) is 0 Å². The molecule has 0 spiro atoms. The molecule has 0 bridgehead atoms. The molecule has 0 saturated heterocycles. The van der Waals surface area contributed by atoms with Gasteiger partial charge in [0.15, 0.2) is 5.60 Å². The summed E-state index contributed by atoms with van der Waals surface area (Å²) in [6.45, 7) is 9.25. The first-order valence-corrected chi connectivity index (χ1v) is 10.0. The van der Waals surface area contributed by atoms with E-state index < -0.39 is 36.4 Å². The average Bonchev–Trinajstić information content (AvgIpc) is 2.66. The molecule has 0 aliphatic heterocycles. The Balaban J connectivity index is 0.000000615. The van der Waals surface area contributed by atoms with E-state index in [1.54, 1.807) is 6.08 Å². The Morgan fingerprint density at radius 2 is 1.48 bits per heavy atom. The van der Waals surface area contributed by atoms with E-state index in [1.165, 1.54) is 16.7 Å². The molecule has 1 rings (SSSR count). The summed E-state index contributed by atoms with van der Waals surface area (Å²) < 4.78 is 5.86. The fourth-order valence-electron chi connectivity index (χ4n) is 2.90. The second-order valence-electron chi connectivity index (χ2n) is 7.02. The number of nitrogens with two attached hydrogens (primary N) is 1. The van der Waals surface area contributed by atoms with Crippen LogP contribution in [0.2, 0.25) is 0 Å². The summed E-state index contributed by atoms with van der Waals surface area (Å²) in [5.74, 6) is -3.97. The molecule has 0 aromatic heterocycles. The summed E-state index contributed by atoms with van der Waals surface area (Å²) in [6.07, 6.45) is 3.81. The molecule has 0 radical (unpaired) electrons. The monoisotopic (exact) mass is 439 g/mol. The van der Waals surface area contributed by atoms with Gasteiger partial charge in [0, 0.05) is 6.54 Å². The number of benzene rings is 1. The third-order valence-electron chi connectivity index (χ3n) is 4.21. The Labute approximate surface area is 182 Å². The van der Waals surface area contributed by atoms with Crippen molar-refractivity contribution in [2.45, 2.75) is 64.5 Å². The number of aliphatic hydroxyl groups is 1. The van der Waals surface area contributed by atoms with E-state index >= 15 is 0 Å². The van der Waals surface area contributed by atoms with E-state index in [9.17, 15) is 14.4 Å². The highest BCUT2D eigenvalue weighted by Crippen LogP contribution is 2.28. The third-order valence-corrected chi connectivity index (χ3v) is 4.21. The van der Waals surface area contributed by atoms with Gasteiger partial charge in [-0.2, -0.15) is 0 Å². The maximum absolute atomic E-state index is 10.3. The van der Waals surface area contributed by atoms with Crippen LogP contribution in [0.15, 0.2) is 24.8 Å². The van der Waals surface area contributed by atoms with Crippen LogP contribution in [0.1, 0.15) is 56.2 Å². The molecule has 6 N–H and O–H groups in total. The highest BCUT2D eigenvalue weighted by molar-refractivity contribution is 5.88. The lowest BCUT2D eigenvalue weighted by Gasteiger charge is -2.18. The summed E-state index contributed by atoms with van der Waals surface area (Å²) in [5.41, 5.74) is 6.80. The molecule has 0 aliphatic carbocycles. The Kier molecular flexibility index (Phi) is 12.8. The first-order valence-electron chi connectivity index (χ1n) is 10.0. The second kappa shape index (κ2) is 14.2. The molecule has 31 heavy (non-hydrogen) atoms. The Morgan fingerprint density at radius 1 is 1.03 bits per heavy atom. The van der Waals surface area contributed by atoms with Crippen molar-refractivity contribution in [2.24, 2.45) is 5.73 Å². The number of hydrogen-bond donors (Lipinski definition) is 5. The number of aliphatic carboxylic acids is 3. The molecule has 0 saturated carbocycles. The van der Waals surface area contributed by atoms with Crippen molar-refractivity contribution < 1.29 is 39.5 Å². The number of ether oxygens (including phenoxy) is 1. The zero-order valence-corrected chi connectivity index (χ0v) is 18.1. The van der Waals surface area contributed by atoms with Crippen molar-refractivity contribution in [1.82, 2.24) is 0 Å². The molecule has 1 aromatic carbocycles. The Morgan fingerprint density at radius 3 is 1.77 bits per heavy atom. The zero-order chi connectivity index (χ0) is 24.0. The SMILES string of the molecule is C=CCOc1c(CCC)cc(CN)cc1CCC.O=C(O)CC(O)(CC(=O)O)C(=O)O. The largest absolute Gasteiger partial charge is 0.489 e.